The SMILES string of the molecule is CSc1ccccc1NS(=O)(=O)CCCNC1CC1. The largest absolute Gasteiger partial charge is 0.314 e. The quantitative estimate of drug-likeness (QED) is 0.571. The first-order valence-corrected chi connectivity index (χ1v) is 9.35. The van der Waals surface area contributed by atoms with Crippen molar-refractivity contribution in [3.05, 3.63) is 24.3 Å². The molecular formula is C13H20N2O2S2. The molecule has 1 aliphatic rings. The molecule has 1 aromatic carbocycles. The van der Waals surface area contributed by atoms with Crippen LogP contribution in [0.25, 0.3) is 0 Å². The second kappa shape index (κ2) is 6.63. The lowest BCUT2D eigenvalue weighted by molar-refractivity contribution is 0.593. The van der Waals surface area contributed by atoms with Crippen LogP contribution in [0.2, 0.25) is 0 Å². The topological polar surface area (TPSA) is 58.2 Å². The predicted molar refractivity (Wildman–Crippen MR) is 81.3 cm³/mol. The number of thioether (sulfide) groups is 1. The molecule has 6 heteroatoms. The van der Waals surface area contributed by atoms with Crippen LogP contribution >= 0.6 is 11.8 Å². The third kappa shape index (κ3) is 5.04. The molecule has 2 rings (SSSR count). The van der Waals surface area contributed by atoms with Gasteiger partial charge in [-0.25, -0.2) is 8.42 Å². The smallest absolute Gasteiger partial charge is 0.232 e. The lowest BCUT2D eigenvalue weighted by atomic mass is 10.3. The standard InChI is InChI=1S/C13H20N2O2S2/c1-18-13-6-3-2-5-12(13)15-19(16,17)10-4-9-14-11-7-8-11/h2-3,5-6,11,14-15H,4,7-10H2,1H3. The van der Waals surface area contributed by atoms with Gasteiger partial charge in [-0.2, -0.15) is 0 Å². The van der Waals surface area contributed by atoms with Gasteiger partial charge in [-0.3, -0.25) is 4.72 Å². The van der Waals surface area contributed by atoms with E-state index >= 15 is 0 Å². The van der Waals surface area contributed by atoms with Crippen LogP contribution in [0.15, 0.2) is 29.2 Å². The highest BCUT2D eigenvalue weighted by Crippen LogP contribution is 2.25. The van der Waals surface area contributed by atoms with Crippen molar-refractivity contribution in [3.8, 4) is 0 Å². The molecule has 0 saturated heterocycles. The molecule has 19 heavy (non-hydrogen) atoms. The third-order valence-electron chi connectivity index (χ3n) is 2.97. The van der Waals surface area contributed by atoms with E-state index in [0.717, 1.165) is 11.4 Å². The van der Waals surface area contributed by atoms with Crippen LogP contribution in [0.1, 0.15) is 19.3 Å². The van der Waals surface area contributed by atoms with Crippen molar-refractivity contribution < 1.29 is 8.42 Å². The van der Waals surface area contributed by atoms with Crippen LogP contribution < -0.4 is 10.0 Å². The summed E-state index contributed by atoms with van der Waals surface area (Å²) in [5.74, 6) is 0.162. The van der Waals surface area contributed by atoms with E-state index in [-0.39, 0.29) is 5.75 Å². The second-order valence-corrected chi connectivity index (χ2v) is 7.39. The van der Waals surface area contributed by atoms with Crippen LogP contribution in [0, 0.1) is 0 Å². The van der Waals surface area contributed by atoms with Crippen molar-refractivity contribution in [2.45, 2.75) is 30.2 Å². The van der Waals surface area contributed by atoms with Crippen molar-refractivity contribution in [2.24, 2.45) is 0 Å². The molecule has 0 aliphatic heterocycles. The molecular weight excluding hydrogens is 280 g/mol. The molecule has 0 amide bonds. The molecule has 106 valence electrons. The highest BCUT2D eigenvalue weighted by Gasteiger charge is 2.20. The van der Waals surface area contributed by atoms with Gasteiger partial charge in [-0.05, 0) is 44.2 Å². The van der Waals surface area contributed by atoms with Crippen LogP contribution in [0.5, 0.6) is 0 Å². The zero-order chi connectivity index (χ0) is 13.7. The molecule has 4 nitrogen and oxygen atoms in total. The Morgan fingerprint density at radius 1 is 1.32 bits per heavy atom. The maximum absolute atomic E-state index is 12.0. The summed E-state index contributed by atoms with van der Waals surface area (Å²) in [4.78, 5) is 0.946. The Balaban J connectivity index is 1.84. The van der Waals surface area contributed by atoms with E-state index < -0.39 is 10.0 Å². The van der Waals surface area contributed by atoms with Gasteiger partial charge in [0.1, 0.15) is 0 Å². The molecule has 1 fully saturated rings. The van der Waals surface area contributed by atoms with Gasteiger partial charge in [-0.15, -0.1) is 11.8 Å². The number of anilines is 1. The molecule has 0 heterocycles. The molecule has 0 spiro atoms. The van der Waals surface area contributed by atoms with Gasteiger partial charge in [0.25, 0.3) is 0 Å². The van der Waals surface area contributed by atoms with E-state index in [2.05, 4.69) is 10.0 Å². The van der Waals surface area contributed by atoms with Gasteiger partial charge >= 0.3 is 0 Å². The molecule has 0 radical (unpaired) electrons. The summed E-state index contributed by atoms with van der Waals surface area (Å²) in [6.07, 6.45) is 5.04. The number of rotatable bonds is 8. The Hall–Kier alpha value is -0.720. The molecule has 2 N–H and O–H groups in total. The summed E-state index contributed by atoms with van der Waals surface area (Å²) in [6.45, 7) is 0.774. The van der Waals surface area contributed by atoms with Crippen LogP contribution in [-0.4, -0.2) is 33.0 Å². The van der Waals surface area contributed by atoms with Crippen molar-refractivity contribution in [2.75, 3.05) is 23.3 Å². The summed E-state index contributed by atoms with van der Waals surface area (Å²) < 4.78 is 26.6. The zero-order valence-electron chi connectivity index (χ0n) is 11.1. The average molecular weight is 300 g/mol. The monoisotopic (exact) mass is 300 g/mol. The Bertz CT molecular complexity index is 513. The van der Waals surface area contributed by atoms with E-state index in [0.29, 0.717) is 18.2 Å². The molecule has 1 aromatic rings. The summed E-state index contributed by atoms with van der Waals surface area (Å²) in [5.41, 5.74) is 0.671. The maximum Gasteiger partial charge on any atom is 0.232 e. The summed E-state index contributed by atoms with van der Waals surface area (Å²) >= 11 is 1.54. The van der Waals surface area contributed by atoms with E-state index in [4.69, 9.17) is 0 Å². The number of benzene rings is 1. The minimum Gasteiger partial charge on any atom is -0.314 e. The van der Waals surface area contributed by atoms with E-state index in [1.165, 1.54) is 24.6 Å². The van der Waals surface area contributed by atoms with Crippen LogP contribution in [0.4, 0.5) is 5.69 Å². The second-order valence-electron chi connectivity index (χ2n) is 4.70. The van der Waals surface area contributed by atoms with Gasteiger partial charge in [0.15, 0.2) is 0 Å². The van der Waals surface area contributed by atoms with Crippen molar-refractivity contribution in [3.63, 3.8) is 0 Å². The molecule has 0 unspecified atom stereocenters. The summed E-state index contributed by atoms with van der Waals surface area (Å²) in [7, 11) is -3.25. The fourth-order valence-electron chi connectivity index (χ4n) is 1.80. The highest BCUT2D eigenvalue weighted by atomic mass is 32.2. The Labute approximate surface area is 119 Å². The Kier molecular flexibility index (Phi) is 5.13. The fraction of sp³-hybridized carbons (Fsp3) is 0.538. The average Bonchev–Trinajstić information content (AvgIpc) is 3.19. The third-order valence-corrected chi connectivity index (χ3v) is 5.13. The summed E-state index contributed by atoms with van der Waals surface area (Å²) in [5, 5.41) is 3.32. The van der Waals surface area contributed by atoms with Crippen molar-refractivity contribution in [1.29, 1.82) is 0 Å². The minimum absolute atomic E-state index is 0.162. The molecule has 1 saturated carbocycles. The lowest BCUT2D eigenvalue weighted by Crippen LogP contribution is -2.23. The van der Waals surface area contributed by atoms with E-state index in [9.17, 15) is 8.42 Å². The lowest BCUT2D eigenvalue weighted by Gasteiger charge is -2.11. The number of para-hydroxylation sites is 1. The molecule has 0 aromatic heterocycles. The number of hydrogen-bond donors (Lipinski definition) is 2. The molecule has 0 bridgehead atoms. The minimum atomic E-state index is -3.25. The number of hydrogen-bond acceptors (Lipinski definition) is 4. The van der Waals surface area contributed by atoms with Gasteiger partial charge in [-0.1, -0.05) is 12.1 Å². The first-order valence-electron chi connectivity index (χ1n) is 6.47. The van der Waals surface area contributed by atoms with Crippen molar-refractivity contribution >= 4 is 27.5 Å². The first kappa shape index (κ1) is 14.7. The first-order chi connectivity index (χ1) is 9.11. The predicted octanol–water partition coefficient (Wildman–Crippen LogP) is 2.29. The number of nitrogens with one attached hydrogen (secondary N) is 2. The molecule has 1 aliphatic carbocycles. The normalized spacial score (nSPS) is 15.4. The Morgan fingerprint density at radius 3 is 2.74 bits per heavy atom. The maximum atomic E-state index is 12.0. The number of sulfonamides is 1. The highest BCUT2D eigenvalue weighted by molar-refractivity contribution is 7.99. The molecule has 0 atom stereocenters. The van der Waals surface area contributed by atoms with Gasteiger partial charge in [0, 0.05) is 10.9 Å². The van der Waals surface area contributed by atoms with Crippen LogP contribution in [0.3, 0.4) is 0 Å². The fourth-order valence-corrected chi connectivity index (χ4v) is 3.56. The van der Waals surface area contributed by atoms with Gasteiger partial charge in [0.2, 0.25) is 10.0 Å². The summed E-state index contributed by atoms with van der Waals surface area (Å²) in [6, 6.07) is 8.09. The van der Waals surface area contributed by atoms with E-state index in [1.54, 1.807) is 6.07 Å². The van der Waals surface area contributed by atoms with Crippen LogP contribution in [-0.2, 0) is 10.0 Å². The Morgan fingerprint density at radius 2 is 2.05 bits per heavy atom. The van der Waals surface area contributed by atoms with Gasteiger partial charge < -0.3 is 5.32 Å². The van der Waals surface area contributed by atoms with Gasteiger partial charge in [0.05, 0.1) is 11.4 Å². The van der Waals surface area contributed by atoms with Crippen molar-refractivity contribution in [1.82, 2.24) is 5.32 Å². The van der Waals surface area contributed by atoms with E-state index in [1.807, 2.05) is 24.5 Å². The zero-order valence-corrected chi connectivity index (χ0v) is 12.7.